The van der Waals surface area contributed by atoms with E-state index in [0.29, 0.717) is 25.9 Å². The average Bonchev–Trinajstić information content (AvgIpc) is 2.49. The van der Waals surface area contributed by atoms with Crippen LogP contribution in [0.5, 0.6) is 0 Å². The van der Waals surface area contributed by atoms with E-state index in [9.17, 15) is 19.1 Å². The zero-order valence-electron chi connectivity index (χ0n) is 11.9. The predicted molar refractivity (Wildman–Crippen MR) is 76.0 cm³/mol. The molecule has 0 spiro atoms. The molecule has 0 radical (unpaired) electrons. The lowest BCUT2D eigenvalue weighted by molar-refractivity contribution is -0.144. The molecule has 1 fully saturated rings. The second-order valence-electron chi connectivity index (χ2n) is 5.30. The van der Waals surface area contributed by atoms with E-state index in [0.717, 1.165) is 0 Å². The molecule has 6 heteroatoms. The number of hydrogen-bond acceptors (Lipinski definition) is 3. The highest BCUT2D eigenvalue weighted by Crippen LogP contribution is 2.21. The van der Waals surface area contributed by atoms with Gasteiger partial charge in [0.05, 0.1) is 11.8 Å². The first kappa shape index (κ1) is 15.4. The molecule has 2 amide bonds. The quantitative estimate of drug-likeness (QED) is 0.810. The smallest absolute Gasteiger partial charge is 0.313 e. The minimum atomic E-state index is -0.837. The maximum Gasteiger partial charge on any atom is 0.313 e. The SMILES string of the molecule is CC(O)C1CCN(C(=O)C(=O)Nc2ccccc2F)CC1. The van der Waals surface area contributed by atoms with Crippen LogP contribution >= 0.6 is 0 Å². The molecule has 0 aromatic heterocycles. The minimum Gasteiger partial charge on any atom is -0.393 e. The van der Waals surface area contributed by atoms with Crippen LogP contribution in [0.2, 0.25) is 0 Å². The van der Waals surface area contributed by atoms with E-state index in [1.807, 2.05) is 0 Å². The Hall–Kier alpha value is -1.95. The molecule has 0 saturated carbocycles. The summed E-state index contributed by atoms with van der Waals surface area (Å²) in [7, 11) is 0. The average molecular weight is 294 g/mol. The van der Waals surface area contributed by atoms with Gasteiger partial charge in [0.1, 0.15) is 5.82 Å². The Balaban J connectivity index is 1.92. The Morgan fingerprint density at radius 2 is 1.95 bits per heavy atom. The Morgan fingerprint density at radius 1 is 1.33 bits per heavy atom. The van der Waals surface area contributed by atoms with Crippen LogP contribution < -0.4 is 5.32 Å². The van der Waals surface area contributed by atoms with Crippen LogP contribution in [0.15, 0.2) is 24.3 Å². The number of halogens is 1. The summed E-state index contributed by atoms with van der Waals surface area (Å²) in [6.45, 7) is 2.59. The van der Waals surface area contributed by atoms with Crippen molar-refractivity contribution >= 4 is 17.5 Å². The number of aliphatic hydroxyl groups is 1. The van der Waals surface area contributed by atoms with E-state index in [1.165, 1.54) is 23.1 Å². The maximum absolute atomic E-state index is 13.4. The molecule has 1 aliphatic rings. The largest absolute Gasteiger partial charge is 0.393 e. The zero-order valence-corrected chi connectivity index (χ0v) is 11.9. The Morgan fingerprint density at radius 3 is 2.52 bits per heavy atom. The number of anilines is 1. The number of nitrogens with one attached hydrogen (secondary N) is 1. The number of amides is 2. The van der Waals surface area contributed by atoms with Crippen molar-refractivity contribution in [3.63, 3.8) is 0 Å². The van der Waals surface area contributed by atoms with Gasteiger partial charge in [-0.25, -0.2) is 4.39 Å². The Labute approximate surface area is 122 Å². The zero-order chi connectivity index (χ0) is 15.4. The Kier molecular flexibility index (Phi) is 4.90. The van der Waals surface area contributed by atoms with Crippen molar-refractivity contribution in [1.82, 2.24) is 4.90 Å². The minimum absolute atomic E-state index is 0.00489. The van der Waals surface area contributed by atoms with E-state index in [2.05, 4.69) is 5.32 Å². The van der Waals surface area contributed by atoms with Crippen molar-refractivity contribution < 1.29 is 19.1 Å². The molecule has 0 bridgehead atoms. The van der Waals surface area contributed by atoms with Crippen LogP contribution in [0.3, 0.4) is 0 Å². The van der Waals surface area contributed by atoms with Crippen molar-refractivity contribution in [3.05, 3.63) is 30.1 Å². The molecular weight excluding hydrogens is 275 g/mol. The van der Waals surface area contributed by atoms with Gasteiger partial charge in [-0.05, 0) is 37.8 Å². The molecule has 1 heterocycles. The fraction of sp³-hybridized carbons (Fsp3) is 0.467. The molecule has 114 valence electrons. The van der Waals surface area contributed by atoms with E-state index in [1.54, 1.807) is 13.0 Å². The maximum atomic E-state index is 13.4. The first-order chi connectivity index (χ1) is 9.99. The normalized spacial score (nSPS) is 17.4. The molecule has 1 aromatic rings. The van der Waals surface area contributed by atoms with Crippen LogP contribution in [-0.2, 0) is 9.59 Å². The van der Waals surface area contributed by atoms with Crippen molar-refractivity contribution in [2.45, 2.75) is 25.9 Å². The highest BCUT2D eigenvalue weighted by atomic mass is 19.1. The van der Waals surface area contributed by atoms with Crippen LogP contribution in [0.25, 0.3) is 0 Å². The molecule has 1 saturated heterocycles. The second-order valence-corrected chi connectivity index (χ2v) is 5.30. The van der Waals surface area contributed by atoms with Crippen molar-refractivity contribution in [3.8, 4) is 0 Å². The third kappa shape index (κ3) is 3.78. The fourth-order valence-corrected chi connectivity index (χ4v) is 2.47. The summed E-state index contributed by atoms with van der Waals surface area (Å²) < 4.78 is 13.4. The third-order valence-electron chi connectivity index (χ3n) is 3.83. The lowest BCUT2D eigenvalue weighted by Gasteiger charge is -2.32. The monoisotopic (exact) mass is 294 g/mol. The summed E-state index contributed by atoms with van der Waals surface area (Å²) in [6.07, 6.45) is 0.918. The summed E-state index contributed by atoms with van der Waals surface area (Å²) in [4.78, 5) is 25.3. The van der Waals surface area contributed by atoms with Crippen LogP contribution in [0.1, 0.15) is 19.8 Å². The topological polar surface area (TPSA) is 69.6 Å². The van der Waals surface area contributed by atoms with Gasteiger partial charge >= 0.3 is 11.8 Å². The van der Waals surface area contributed by atoms with Gasteiger partial charge in [-0.1, -0.05) is 12.1 Å². The van der Waals surface area contributed by atoms with Crippen LogP contribution in [-0.4, -0.2) is 41.0 Å². The molecule has 2 rings (SSSR count). The fourth-order valence-electron chi connectivity index (χ4n) is 2.47. The third-order valence-corrected chi connectivity index (χ3v) is 3.83. The summed E-state index contributed by atoms with van der Waals surface area (Å²) in [5, 5.41) is 11.8. The van der Waals surface area contributed by atoms with Gasteiger partial charge < -0.3 is 15.3 Å². The summed E-state index contributed by atoms with van der Waals surface area (Å²) >= 11 is 0. The van der Waals surface area contributed by atoms with E-state index >= 15 is 0 Å². The van der Waals surface area contributed by atoms with Crippen LogP contribution in [0.4, 0.5) is 10.1 Å². The molecule has 2 N–H and O–H groups in total. The van der Waals surface area contributed by atoms with Gasteiger partial charge in [0.2, 0.25) is 0 Å². The number of carbonyl (C=O) groups is 2. The van der Waals surface area contributed by atoms with Crippen molar-refractivity contribution in [2.24, 2.45) is 5.92 Å². The van der Waals surface area contributed by atoms with E-state index in [4.69, 9.17) is 0 Å². The number of nitrogens with zero attached hydrogens (tertiary/aromatic N) is 1. The highest BCUT2D eigenvalue weighted by Gasteiger charge is 2.28. The number of hydrogen-bond donors (Lipinski definition) is 2. The van der Waals surface area contributed by atoms with E-state index < -0.39 is 23.7 Å². The molecule has 1 atom stereocenters. The molecule has 1 aromatic carbocycles. The van der Waals surface area contributed by atoms with Gasteiger partial charge in [0.25, 0.3) is 0 Å². The highest BCUT2D eigenvalue weighted by molar-refractivity contribution is 6.39. The van der Waals surface area contributed by atoms with Gasteiger partial charge in [0, 0.05) is 13.1 Å². The molecule has 0 aliphatic carbocycles. The van der Waals surface area contributed by atoms with Crippen LogP contribution in [0, 0.1) is 11.7 Å². The number of aliphatic hydroxyl groups excluding tert-OH is 1. The number of carbonyl (C=O) groups excluding carboxylic acids is 2. The number of piperidine rings is 1. The molecule has 5 nitrogen and oxygen atoms in total. The van der Waals surface area contributed by atoms with Crippen molar-refractivity contribution in [1.29, 1.82) is 0 Å². The number of benzene rings is 1. The Bertz CT molecular complexity index is 525. The molecule has 1 unspecified atom stereocenters. The number of rotatable bonds is 2. The number of para-hydroxylation sites is 1. The van der Waals surface area contributed by atoms with Gasteiger partial charge in [-0.15, -0.1) is 0 Å². The summed E-state index contributed by atoms with van der Waals surface area (Å²) in [6, 6.07) is 5.71. The summed E-state index contributed by atoms with van der Waals surface area (Å²) in [5.74, 6) is -1.92. The van der Waals surface area contributed by atoms with E-state index in [-0.39, 0.29) is 11.6 Å². The second kappa shape index (κ2) is 6.67. The molecule has 1 aliphatic heterocycles. The molecule has 21 heavy (non-hydrogen) atoms. The first-order valence-electron chi connectivity index (χ1n) is 7.02. The molecular formula is C15H19FN2O3. The van der Waals surface area contributed by atoms with Gasteiger partial charge in [0.15, 0.2) is 0 Å². The first-order valence-corrected chi connectivity index (χ1v) is 7.02. The standard InChI is InChI=1S/C15H19FN2O3/c1-10(19)11-6-8-18(9-7-11)15(21)14(20)17-13-5-3-2-4-12(13)16/h2-5,10-11,19H,6-9H2,1H3,(H,17,20). The summed E-state index contributed by atoms with van der Waals surface area (Å²) in [5.41, 5.74) is -0.00489. The van der Waals surface area contributed by atoms with Gasteiger partial charge in [-0.3, -0.25) is 9.59 Å². The van der Waals surface area contributed by atoms with Gasteiger partial charge in [-0.2, -0.15) is 0 Å². The lowest BCUT2D eigenvalue weighted by Crippen LogP contribution is -2.45. The van der Waals surface area contributed by atoms with Crippen molar-refractivity contribution in [2.75, 3.05) is 18.4 Å². The number of likely N-dealkylation sites (tertiary alicyclic amines) is 1. The lowest BCUT2D eigenvalue weighted by atomic mass is 9.92. The predicted octanol–water partition coefficient (Wildman–Crippen LogP) is 1.38.